The summed E-state index contributed by atoms with van der Waals surface area (Å²) in [5, 5.41) is 0. The van der Waals surface area contributed by atoms with E-state index in [4.69, 9.17) is 19.9 Å². The molecule has 1 rings (SSSR count). The first-order chi connectivity index (χ1) is 7.67. The van der Waals surface area contributed by atoms with Crippen molar-refractivity contribution in [1.29, 1.82) is 0 Å². The highest BCUT2D eigenvalue weighted by molar-refractivity contribution is 5.54. The zero-order valence-corrected chi connectivity index (χ0v) is 10.2. The predicted octanol–water partition coefficient (Wildman–Crippen LogP) is 2.12. The van der Waals surface area contributed by atoms with Gasteiger partial charge in [0.15, 0.2) is 11.5 Å². The Morgan fingerprint density at radius 3 is 1.88 bits per heavy atom. The van der Waals surface area contributed by atoms with Crippen LogP contribution in [0, 0.1) is 0 Å². The van der Waals surface area contributed by atoms with E-state index >= 15 is 0 Å². The summed E-state index contributed by atoms with van der Waals surface area (Å²) < 4.78 is 15.7. The molecule has 4 heteroatoms. The molecule has 2 N–H and O–H groups in total. The maximum absolute atomic E-state index is 5.98. The molecule has 1 aromatic rings. The van der Waals surface area contributed by atoms with Crippen molar-refractivity contribution < 1.29 is 14.2 Å². The smallest absolute Gasteiger partial charge is 0.203 e. The van der Waals surface area contributed by atoms with Gasteiger partial charge in [-0.1, -0.05) is 6.92 Å². The highest BCUT2D eigenvalue weighted by Gasteiger charge is 2.15. The van der Waals surface area contributed by atoms with Gasteiger partial charge in [0.2, 0.25) is 5.75 Å². The maximum atomic E-state index is 5.98. The summed E-state index contributed by atoms with van der Waals surface area (Å²) in [4.78, 5) is 0. The van der Waals surface area contributed by atoms with E-state index in [-0.39, 0.29) is 6.04 Å². The lowest BCUT2D eigenvalue weighted by Crippen LogP contribution is -2.09. The third-order valence-electron chi connectivity index (χ3n) is 2.56. The van der Waals surface area contributed by atoms with Gasteiger partial charge in [-0.15, -0.1) is 0 Å². The third-order valence-corrected chi connectivity index (χ3v) is 2.56. The molecule has 1 aromatic carbocycles. The maximum Gasteiger partial charge on any atom is 0.203 e. The monoisotopic (exact) mass is 225 g/mol. The van der Waals surface area contributed by atoms with E-state index in [2.05, 4.69) is 0 Å². The summed E-state index contributed by atoms with van der Waals surface area (Å²) in [7, 11) is 4.77. The third kappa shape index (κ3) is 2.39. The van der Waals surface area contributed by atoms with Crippen molar-refractivity contribution in [2.24, 2.45) is 5.73 Å². The van der Waals surface area contributed by atoms with Crippen LogP contribution in [0.1, 0.15) is 24.9 Å². The molecule has 0 amide bonds. The standard InChI is InChI=1S/C12H19NO3/c1-5-9(13)8-6-10(14-2)12(16-4)11(7-8)15-3/h6-7,9H,5,13H2,1-4H3/t9-/m0/s1. The molecule has 90 valence electrons. The summed E-state index contributed by atoms with van der Waals surface area (Å²) >= 11 is 0. The summed E-state index contributed by atoms with van der Waals surface area (Å²) in [5.74, 6) is 1.87. The number of rotatable bonds is 5. The Morgan fingerprint density at radius 1 is 1.06 bits per heavy atom. The average molecular weight is 225 g/mol. The molecule has 0 aliphatic heterocycles. The Balaban J connectivity index is 3.25. The van der Waals surface area contributed by atoms with Gasteiger partial charge in [0, 0.05) is 6.04 Å². The van der Waals surface area contributed by atoms with Crippen LogP contribution in [-0.2, 0) is 0 Å². The van der Waals surface area contributed by atoms with Gasteiger partial charge in [0.25, 0.3) is 0 Å². The van der Waals surface area contributed by atoms with E-state index in [1.165, 1.54) is 0 Å². The Hall–Kier alpha value is -1.42. The topological polar surface area (TPSA) is 53.7 Å². The fourth-order valence-electron chi connectivity index (χ4n) is 1.55. The summed E-state index contributed by atoms with van der Waals surface area (Å²) in [6.45, 7) is 2.04. The van der Waals surface area contributed by atoms with Gasteiger partial charge in [0.05, 0.1) is 21.3 Å². The van der Waals surface area contributed by atoms with Crippen molar-refractivity contribution in [3.8, 4) is 17.2 Å². The molecule has 0 aliphatic rings. The molecule has 0 saturated carbocycles. The summed E-state index contributed by atoms with van der Waals surface area (Å²) in [6, 6.07) is 3.75. The SMILES string of the molecule is CC[C@H](N)c1cc(OC)c(OC)c(OC)c1. The van der Waals surface area contributed by atoms with E-state index in [1.807, 2.05) is 19.1 Å². The Labute approximate surface area is 96.3 Å². The molecular formula is C12H19NO3. The van der Waals surface area contributed by atoms with Gasteiger partial charge in [-0.2, -0.15) is 0 Å². The lowest BCUT2D eigenvalue weighted by Gasteiger charge is -2.16. The first-order valence-electron chi connectivity index (χ1n) is 5.23. The average Bonchev–Trinajstić information content (AvgIpc) is 2.35. The molecule has 16 heavy (non-hydrogen) atoms. The summed E-state index contributed by atoms with van der Waals surface area (Å²) in [5.41, 5.74) is 6.96. The number of benzene rings is 1. The number of methoxy groups -OCH3 is 3. The van der Waals surface area contributed by atoms with Gasteiger partial charge in [-0.25, -0.2) is 0 Å². The van der Waals surface area contributed by atoms with Crippen LogP contribution in [0.4, 0.5) is 0 Å². The van der Waals surface area contributed by atoms with Gasteiger partial charge in [-0.3, -0.25) is 0 Å². The lowest BCUT2D eigenvalue weighted by atomic mass is 10.0. The van der Waals surface area contributed by atoms with E-state index in [9.17, 15) is 0 Å². The van der Waals surface area contributed by atoms with E-state index < -0.39 is 0 Å². The first kappa shape index (κ1) is 12.6. The molecule has 0 unspecified atom stereocenters. The normalized spacial score (nSPS) is 12.1. The van der Waals surface area contributed by atoms with Crippen molar-refractivity contribution in [3.63, 3.8) is 0 Å². The molecule has 0 aliphatic carbocycles. The second-order valence-corrected chi connectivity index (χ2v) is 3.47. The van der Waals surface area contributed by atoms with Crippen molar-refractivity contribution in [3.05, 3.63) is 17.7 Å². The zero-order chi connectivity index (χ0) is 12.1. The van der Waals surface area contributed by atoms with Crippen molar-refractivity contribution in [2.75, 3.05) is 21.3 Å². The van der Waals surface area contributed by atoms with Crippen LogP contribution in [0.3, 0.4) is 0 Å². The van der Waals surface area contributed by atoms with Gasteiger partial charge < -0.3 is 19.9 Å². The minimum atomic E-state index is -0.0197. The van der Waals surface area contributed by atoms with E-state index in [0.717, 1.165) is 12.0 Å². The molecule has 0 bridgehead atoms. The van der Waals surface area contributed by atoms with Crippen molar-refractivity contribution >= 4 is 0 Å². The largest absolute Gasteiger partial charge is 0.493 e. The molecule has 0 spiro atoms. The second kappa shape index (κ2) is 5.61. The van der Waals surface area contributed by atoms with Gasteiger partial charge in [-0.05, 0) is 24.1 Å². The van der Waals surface area contributed by atoms with Gasteiger partial charge >= 0.3 is 0 Å². The van der Waals surface area contributed by atoms with Crippen LogP contribution in [0.2, 0.25) is 0 Å². The van der Waals surface area contributed by atoms with Crippen molar-refractivity contribution in [2.45, 2.75) is 19.4 Å². The highest BCUT2D eigenvalue weighted by atomic mass is 16.5. The van der Waals surface area contributed by atoms with Gasteiger partial charge in [0.1, 0.15) is 0 Å². The molecule has 0 fully saturated rings. The Morgan fingerprint density at radius 2 is 1.56 bits per heavy atom. The zero-order valence-electron chi connectivity index (χ0n) is 10.2. The van der Waals surface area contributed by atoms with Crippen LogP contribution < -0.4 is 19.9 Å². The molecule has 0 radical (unpaired) electrons. The fourth-order valence-corrected chi connectivity index (χ4v) is 1.55. The lowest BCUT2D eigenvalue weighted by molar-refractivity contribution is 0.323. The number of hydrogen-bond acceptors (Lipinski definition) is 4. The van der Waals surface area contributed by atoms with Crippen LogP contribution in [0.5, 0.6) is 17.2 Å². The minimum absolute atomic E-state index is 0.0197. The number of hydrogen-bond donors (Lipinski definition) is 1. The van der Waals surface area contributed by atoms with Crippen molar-refractivity contribution in [1.82, 2.24) is 0 Å². The molecule has 0 heterocycles. The Kier molecular flexibility index (Phi) is 4.43. The number of ether oxygens (including phenoxy) is 3. The number of nitrogens with two attached hydrogens (primary N) is 1. The van der Waals surface area contributed by atoms with Crippen LogP contribution in [0.15, 0.2) is 12.1 Å². The van der Waals surface area contributed by atoms with Crippen LogP contribution in [0.25, 0.3) is 0 Å². The molecule has 1 atom stereocenters. The fraction of sp³-hybridized carbons (Fsp3) is 0.500. The first-order valence-corrected chi connectivity index (χ1v) is 5.23. The highest BCUT2D eigenvalue weighted by Crippen LogP contribution is 2.39. The summed E-state index contributed by atoms with van der Waals surface area (Å²) in [6.07, 6.45) is 0.860. The van der Waals surface area contributed by atoms with E-state index in [1.54, 1.807) is 21.3 Å². The predicted molar refractivity (Wildman–Crippen MR) is 63.3 cm³/mol. The second-order valence-electron chi connectivity index (χ2n) is 3.47. The van der Waals surface area contributed by atoms with E-state index in [0.29, 0.717) is 17.2 Å². The minimum Gasteiger partial charge on any atom is -0.493 e. The molecular weight excluding hydrogens is 206 g/mol. The van der Waals surface area contributed by atoms with Crippen LogP contribution >= 0.6 is 0 Å². The molecule has 0 aromatic heterocycles. The molecule has 4 nitrogen and oxygen atoms in total. The Bertz CT molecular complexity index is 327. The molecule has 0 saturated heterocycles. The quantitative estimate of drug-likeness (QED) is 0.834. The van der Waals surface area contributed by atoms with Crippen LogP contribution in [-0.4, -0.2) is 21.3 Å².